The summed E-state index contributed by atoms with van der Waals surface area (Å²) in [7, 11) is 0. The maximum atomic E-state index is 12.3. The van der Waals surface area contributed by atoms with Crippen LogP contribution in [0, 0.1) is 25.2 Å². The molecule has 19 heavy (non-hydrogen) atoms. The third-order valence-electron chi connectivity index (χ3n) is 3.19. The Balaban J connectivity index is 1.92. The Bertz CT molecular complexity index is 480. The molecule has 2 rings (SSSR count). The Morgan fingerprint density at radius 1 is 1.68 bits per heavy atom. The van der Waals surface area contributed by atoms with Crippen molar-refractivity contribution in [3.05, 3.63) is 10.6 Å². The van der Waals surface area contributed by atoms with Crippen LogP contribution in [0.15, 0.2) is 0 Å². The zero-order valence-electron chi connectivity index (χ0n) is 11.0. The van der Waals surface area contributed by atoms with Crippen molar-refractivity contribution in [3.63, 3.8) is 0 Å². The van der Waals surface area contributed by atoms with Crippen molar-refractivity contribution < 1.29 is 9.53 Å². The number of amides is 1. The van der Waals surface area contributed by atoms with Crippen LogP contribution in [0.1, 0.15) is 28.2 Å². The van der Waals surface area contributed by atoms with E-state index in [0.29, 0.717) is 29.7 Å². The minimum Gasteiger partial charge on any atom is -0.368 e. The van der Waals surface area contributed by atoms with Crippen LogP contribution in [-0.2, 0) is 4.74 Å². The Morgan fingerprint density at radius 2 is 2.53 bits per heavy atom. The summed E-state index contributed by atoms with van der Waals surface area (Å²) in [6.07, 6.45) is 7.23. The smallest absolute Gasteiger partial charge is 0.267 e. The van der Waals surface area contributed by atoms with E-state index in [1.165, 1.54) is 0 Å². The van der Waals surface area contributed by atoms with E-state index >= 15 is 0 Å². The van der Waals surface area contributed by atoms with Gasteiger partial charge in [0, 0.05) is 19.0 Å². The van der Waals surface area contributed by atoms with Crippen LogP contribution in [0.4, 0.5) is 0 Å². The molecule has 1 fully saturated rings. The summed E-state index contributed by atoms with van der Waals surface area (Å²) in [6.45, 7) is 4.28. The van der Waals surface area contributed by atoms with E-state index < -0.39 is 0 Å². The molecule has 2 heterocycles. The van der Waals surface area contributed by atoms with E-state index in [-0.39, 0.29) is 5.91 Å². The third kappa shape index (κ3) is 3.52. The highest BCUT2D eigenvalue weighted by molar-refractivity contribution is 7.07. The molecule has 0 bridgehead atoms. The highest BCUT2D eigenvalue weighted by atomic mass is 32.1. The fourth-order valence-corrected chi connectivity index (χ4v) is 2.87. The molecule has 0 aromatic carbocycles. The highest BCUT2D eigenvalue weighted by Gasteiger charge is 2.26. The molecular formula is C13H17N3O2S. The number of carbonyl (C=O) groups is 1. The van der Waals surface area contributed by atoms with Crippen LogP contribution < -0.4 is 0 Å². The van der Waals surface area contributed by atoms with E-state index in [2.05, 4.69) is 15.5 Å². The maximum Gasteiger partial charge on any atom is 0.267 e. The lowest BCUT2D eigenvalue weighted by Gasteiger charge is -2.32. The standard InChI is InChI=1S/C13H17N3O2S/c1-3-7-18-9-11-5-4-6-16(8-11)13(17)12-10(2)14-15-19-12/h1,11H,4-9H2,2H3. The van der Waals surface area contributed by atoms with Crippen LogP contribution in [0.3, 0.4) is 0 Å². The monoisotopic (exact) mass is 279 g/mol. The highest BCUT2D eigenvalue weighted by Crippen LogP contribution is 2.21. The average Bonchev–Trinajstić information content (AvgIpc) is 2.85. The molecule has 0 spiro atoms. The largest absolute Gasteiger partial charge is 0.368 e. The van der Waals surface area contributed by atoms with Gasteiger partial charge < -0.3 is 9.64 Å². The fourth-order valence-electron chi connectivity index (χ4n) is 2.24. The van der Waals surface area contributed by atoms with Gasteiger partial charge in [0.05, 0.1) is 12.3 Å². The zero-order valence-corrected chi connectivity index (χ0v) is 11.8. The topological polar surface area (TPSA) is 55.3 Å². The summed E-state index contributed by atoms with van der Waals surface area (Å²) in [5, 5.41) is 3.89. The number of hydrogen-bond donors (Lipinski definition) is 0. The molecule has 1 aliphatic heterocycles. The van der Waals surface area contributed by atoms with Crippen molar-refractivity contribution in [1.82, 2.24) is 14.5 Å². The van der Waals surface area contributed by atoms with Gasteiger partial charge in [0.1, 0.15) is 11.5 Å². The van der Waals surface area contributed by atoms with E-state index in [4.69, 9.17) is 11.2 Å². The summed E-state index contributed by atoms with van der Waals surface area (Å²) in [5.41, 5.74) is 0.709. The molecule has 0 radical (unpaired) electrons. The van der Waals surface area contributed by atoms with Gasteiger partial charge in [-0.15, -0.1) is 11.5 Å². The van der Waals surface area contributed by atoms with Crippen LogP contribution in [0.5, 0.6) is 0 Å². The molecule has 1 amide bonds. The lowest BCUT2D eigenvalue weighted by molar-refractivity contribution is 0.0537. The predicted molar refractivity (Wildman–Crippen MR) is 72.9 cm³/mol. The van der Waals surface area contributed by atoms with Crippen molar-refractivity contribution in [3.8, 4) is 12.3 Å². The lowest BCUT2D eigenvalue weighted by Crippen LogP contribution is -2.41. The Kier molecular flexibility index (Phi) is 4.88. The number of aromatic nitrogens is 2. The van der Waals surface area contributed by atoms with Crippen LogP contribution >= 0.6 is 11.5 Å². The summed E-state index contributed by atoms with van der Waals surface area (Å²) in [4.78, 5) is 14.9. The van der Waals surface area contributed by atoms with Gasteiger partial charge in [-0.25, -0.2) is 0 Å². The SMILES string of the molecule is C#CCOCC1CCCN(C(=O)c2snnc2C)C1. The number of aryl methyl sites for hydroxylation is 1. The average molecular weight is 279 g/mol. The molecular weight excluding hydrogens is 262 g/mol. The van der Waals surface area contributed by atoms with Crippen molar-refractivity contribution in [2.45, 2.75) is 19.8 Å². The summed E-state index contributed by atoms with van der Waals surface area (Å²) in [5.74, 6) is 2.86. The minimum atomic E-state index is 0.0362. The molecule has 0 saturated carbocycles. The Hall–Kier alpha value is -1.45. The van der Waals surface area contributed by atoms with Gasteiger partial charge in [0.2, 0.25) is 0 Å². The van der Waals surface area contributed by atoms with Gasteiger partial charge in [-0.2, -0.15) is 0 Å². The van der Waals surface area contributed by atoms with Gasteiger partial charge in [0.25, 0.3) is 5.91 Å². The van der Waals surface area contributed by atoms with Gasteiger partial charge in [-0.1, -0.05) is 10.4 Å². The van der Waals surface area contributed by atoms with Crippen molar-refractivity contribution in [2.75, 3.05) is 26.3 Å². The quantitative estimate of drug-likeness (QED) is 0.616. The first kappa shape index (κ1) is 14.0. The molecule has 1 aromatic rings. The Morgan fingerprint density at radius 3 is 3.21 bits per heavy atom. The zero-order chi connectivity index (χ0) is 13.7. The van der Waals surface area contributed by atoms with Gasteiger partial charge in [-0.3, -0.25) is 4.79 Å². The number of piperidine rings is 1. The number of nitrogens with zero attached hydrogens (tertiary/aromatic N) is 3. The molecule has 1 aliphatic rings. The third-order valence-corrected chi connectivity index (χ3v) is 4.01. The predicted octanol–water partition coefficient (Wildman–Crippen LogP) is 1.35. The summed E-state index contributed by atoms with van der Waals surface area (Å²) >= 11 is 1.16. The maximum absolute atomic E-state index is 12.3. The first-order valence-electron chi connectivity index (χ1n) is 6.31. The first-order valence-corrected chi connectivity index (χ1v) is 7.09. The molecule has 1 aromatic heterocycles. The van der Waals surface area contributed by atoms with E-state index in [1.54, 1.807) is 0 Å². The molecule has 0 N–H and O–H groups in total. The number of carbonyl (C=O) groups excluding carboxylic acids is 1. The van der Waals surface area contributed by atoms with Crippen LogP contribution in [-0.4, -0.2) is 46.7 Å². The van der Waals surface area contributed by atoms with E-state index in [0.717, 1.165) is 37.5 Å². The first-order chi connectivity index (χ1) is 9.22. The molecule has 1 atom stereocenters. The second-order valence-electron chi connectivity index (χ2n) is 4.67. The summed E-state index contributed by atoms with van der Waals surface area (Å²) in [6, 6.07) is 0. The van der Waals surface area contributed by atoms with Crippen molar-refractivity contribution >= 4 is 17.4 Å². The van der Waals surface area contributed by atoms with Gasteiger partial charge >= 0.3 is 0 Å². The number of likely N-dealkylation sites (tertiary alicyclic amines) is 1. The van der Waals surface area contributed by atoms with E-state index in [9.17, 15) is 4.79 Å². The number of hydrogen-bond acceptors (Lipinski definition) is 5. The number of rotatable bonds is 4. The molecule has 1 saturated heterocycles. The number of ether oxygens (including phenoxy) is 1. The second kappa shape index (κ2) is 6.64. The van der Waals surface area contributed by atoms with Crippen molar-refractivity contribution in [2.24, 2.45) is 5.92 Å². The van der Waals surface area contributed by atoms with E-state index in [1.807, 2.05) is 11.8 Å². The van der Waals surface area contributed by atoms with Crippen molar-refractivity contribution in [1.29, 1.82) is 0 Å². The van der Waals surface area contributed by atoms with Gasteiger partial charge in [-0.05, 0) is 31.3 Å². The molecule has 6 heteroatoms. The second-order valence-corrected chi connectivity index (χ2v) is 5.42. The molecule has 5 nitrogen and oxygen atoms in total. The molecule has 102 valence electrons. The minimum absolute atomic E-state index is 0.0362. The fraction of sp³-hybridized carbons (Fsp3) is 0.615. The molecule has 0 aliphatic carbocycles. The van der Waals surface area contributed by atoms with Crippen LogP contribution in [0.25, 0.3) is 0 Å². The lowest BCUT2D eigenvalue weighted by atomic mass is 9.99. The van der Waals surface area contributed by atoms with Gasteiger partial charge in [0.15, 0.2) is 0 Å². The molecule has 1 unspecified atom stereocenters. The Labute approximate surface area is 117 Å². The van der Waals surface area contributed by atoms with Crippen LogP contribution in [0.2, 0.25) is 0 Å². The number of terminal acetylenes is 1. The normalized spacial score (nSPS) is 19.2. The summed E-state index contributed by atoms with van der Waals surface area (Å²) < 4.78 is 9.18.